The number of ketones is 1. The second-order valence-corrected chi connectivity index (χ2v) is 12.9. The van der Waals surface area contributed by atoms with Crippen LogP contribution in [-0.4, -0.2) is 59.9 Å². The van der Waals surface area contributed by atoms with Crippen LogP contribution < -0.4 is 21.3 Å². The predicted molar refractivity (Wildman–Crippen MR) is 172 cm³/mol. The molecule has 0 aliphatic carbocycles. The van der Waals surface area contributed by atoms with Crippen molar-refractivity contribution in [1.29, 1.82) is 0 Å². The number of hydrogen-bond donors (Lipinski definition) is 4. The largest absolute Gasteiger partial charge is 0.445 e. The lowest BCUT2D eigenvalue weighted by atomic mass is 9.98. The van der Waals surface area contributed by atoms with E-state index >= 15 is 0 Å². The van der Waals surface area contributed by atoms with Gasteiger partial charge in [0.25, 0.3) is 0 Å². The Bertz CT molecular complexity index is 1240. The van der Waals surface area contributed by atoms with E-state index in [9.17, 15) is 24.0 Å². The molecule has 0 radical (unpaired) electrons. The van der Waals surface area contributed by atoms with Crippen LogP contribution in [0, 0.1) is 11.8 Å². The molecule has 1 aliphatic heterocycles. The molecule has 4 amide bonds. The van der Waals surface area contributed by atoms with E-state index in [1.54, 1.807) is 19.9 Å². The van der Waals surface area contributed by atoms with Gasteiger partial charge in [-0.15, -0.1) is 0 Å². The monoisotopic (exact) mass is 626 g/mol. The fraction of sp³-hybridized carbons (Fsp3) is 0.559. The van der Waals surface area contributed by atoms with E-state index in [4.69, 9.17) is 9.47 Å². The molecule has 0 spiro atoms. The van der Waals surface area contributed by atoms with Crippen molar-refractivity contribution in [2.75, 3.05) is 6.54 Å². The van der Waals surface area contributed by atoms with Gasteiger partial charge in [0.05, 0.1) is 11.7 Å². The summed E-state index contributed by atoms with van der Waals surface area (Å²) in [5, 5.41) is 11.1. The van der Waals surface area contributed by atoms with Crippen LogP contribution in [0.2, 0.25) is 0 Å². The molecule has 0 bridgehead atoms. The van der Waals surface area contributed by atoms with Gasteiger partial charge in [-0.3, -0.25) is 19.2 Å². The quantitative estimate of drug-likeness (QED) is 0.202. The van der Waals surface area contributed by atoms with E-state index in [1.807, 2.05) is 65.0 Å². The molecule has 0 aromatic heterocycles. The summed E-state index contributed by atoms with van der Waals surface area (Å²) in [7, 11) is 0. The smallest absolute Gasteiger partial charge is 0.408 e. The van der Waals surface area contributed by atoms with Crippen molar-refractivity contribution in [2.24, 2.45) is 11.8 Å². The maximum absolute atomic E-state index is 13.7. The van der Waals surface area contributed by atoms with Crippen molar-refractivity contribution in [3.63, 3.8) is 0 Å². The van der Waals surface area contributed by atoms with Gasteiger partial charge in [0.2, 0.25) is 17.7 Å². The topological polar surface area (TPSA) is 152 Å². The standard InChI is InChI=1S/C34H50N4O7/c1-21(2)18-27(31(41)36-26(14-15-28(39)22(3)4)19-25-16-17-35-30(25)40)37-32(42)29(23(5)45-34(6,7)8)38-33(43)44-20-24-12-10-9-11-13-24/h9-14,21,23,25,27,29H,3,15-20H2,1-2,4-8H3,(H,35,40)(H,36,41)(H,37,42)(H,38,43)/t23?,25-,27-,29-/m0/s1. The molecule has 1 aromatic carbocycles. The minimum absolute atomic E-state index is 0.00983. The third-order valence-electron chi connectivity index (χ3n) is 7.04. The maximum atomic E-state index is 13.7. The number of amides is 4. The number of carbonyl (C=O) groups is 5. The van der Waals surface area contributed by atoms with Crippen LogP contribution >= 0.6 is 0 Å². The van der Waals surface area contributed by atoms with Crippen molar-refractivity contribution < 1.29 is 33.4 Å². The summed E-state index contributed by atoms with van der Waals surface area (Å²) in [6.45, 7) is 16.8. The highest BCUT2D eigenvalue weighted by Crippen LogP contribution is 2.20. The molecule has 4 N–H and O–H groups in total. The summed E-state index contributed by atoms with van der Waals surface area (Å²) in [4.78, 5) is 64.7. The van der Waals surface area contributed by atoms with Gasteiger partial charge >= 0.3 is 6.09 Å². The second kappa shape index (κ2) is 17.5. The van der Waals surface area contributed by atoms with Crippen LogP contribution in [0.1, 0.15) is 79.7 Å². The molecule has 2 rings (SSSR count). The van der Waals surface area contributed by atoms with Crippen LogP contribution in [0.15, 0.2) is 54.3 Å². The second-order valence-electron chi connectivity index (χ2n) is 12.9. The van der Waals surface area contributed by atoms with Crippen molar-refractivity contribution in [3.8, 4) is 0 Å². The number of Topliss-reactive ketones (excluding diaryl/α,β-unsaturated/α-hetero) is 1. The number of nitrogens with one attached hydrogen (secondary N) is 4. The van der Waals surface area contributed by atoms with Crippen molar-refractivity contribution in [1.82, 2.24) is 21.3 Å². The number of benzene rings is 1. The van der Waals surface area contributed by atoms with Gasteiger partial charge in [0.1, 0.15) is 18.7 Å². The Morgan fingerprint density at radius 3 is 2.29 bits per heavy atom. The Morgan fingerprint density at radius 2 is 1.73 bits per heavy atom. The summed E-state index contributed by atoms with van der Waals surface area (Å²) in [5.74, 6) is -1.76. The lowest BCUT2D eigenvalue weighted by Crippen LogP contribution is -2.58. The third kappa shape index (κ3) is 13.7. The zero-order valence-corrected chi connectivity index (χ0v) is 27.7. The highest BCUT2D eigenvalue weighted by Gasteiger charge is 2.34. The fourth-order valence-corrected chi connectivity index (χ4v) is 4.80. The number of hydrogen-bond acceptors (Lipinski definition) is 7. The zero-order valence-electron chi connectivity index (χ0n) is 27.7. The average molecular weight is 627 g/mol. The zero-order chi connectivity index (χ0) is 33.7. The van der Waals surface area contributed by atoms with Gasteiger partial charge in [-0.25, -0.2) is 4.79 Å². The van der Waals surface area contributed by atoms with Gasteiger partial charge in [-0.05, 0) is 70.9 Å². The number of rotatable bonds is 16. The summed E-state index contributed by atoms with van der Waals surface area (Å²) in [6, 6.07) is 6.97. The molecule has 1 unspecified atom stereocenters. The van der Waals surface area contributed by atoms with Gasteiger partial charge in [-0.1, -0.05) is 56.8 Å². The van der Waals surface area contributed by atoms with E-state index in [0.717, 1.165) is 5.56 Å². The van der Waals surface area contributed by atoms with E-state index in [2.05, 4.69) is 27.8 Å². The molecule has 4 atom stereocenters. The molecule has 0 saturated carbocycles. The Morgan fingerprint density at radius 1 is 1.07 bits per heavy atom. The van der Waals surface area contributed by atoms with E-state index in [0.29, 0.717) is 30.7 Å². The van der Waals surface area contributed by atoms with E-state index in [-0.39, 0.29) is 43.0 Å². The van der Waals surface area contributed by atoms with Crippen molar-refractivity contribution >= 4 is 29.6 Å². The van der Waals surface area contributed by atoms with Gasteiger partial charge < -0.3 is 30.7 Å². The molecule has 248 valence electrons. The van der Waals surface area contributed by atoms with Crippen molar-refractivity contribution in [2.45, 2.75) is 105 Å². The normalized spacial score (nSPS) is 17.1. The first-order valence-corrected chi connectivity index (χ1v) is 15.5. The maximum Gasteiger partial charge on any atom is 0.408 e. The fourth-order valence-electron chi connectivity index (χ4n) is 4.80. The minimum Gasteiger partial charge on any atom is -0.445 e. The Balaban J connectivity index is 2.25. The van der Waals surface area contributed by atoms with Gasteiger partial charge in [-0.2, -0.15) is 0 Å². The predicted octanol–water partition coefficient (Wildman–Crippen LogP) is 4.08. The number of carbonyl (C=O) groups excluding carboxylic acids is 5. The molecule has 1 aliphatic rings. The van der Waals surface area contributed by atoms with Crippen LogP contribution in [0.5, 0.6) is 0 Å². The first-order valence-electron chi connectivity index (χ1n) is 15.5. The summed E-state index contributed by atoms with van der Waals surface area (Å²) >= 11 is 0. The number of ether oxygens (including phenoxy) is 2. The number of alkyl carbamates (subject to hydrolysis) is 1. The van der Waals surface area contributed by atoms with Crippen molar-refractivity contribution in [3.05, 3.63) is 59.8 Å². The molecular weight excluding hydrogens is 576 g/mol. The van der Waals surface area contributed by atoms with Crippen LogP contribution in [0.3, 0.4) is 0 Å². The lowest BCUT2D eigenvalue weighted by molar-refractivity contribution is -0.135. The lowest BCUT2D eigenvalue weighted by Gasteiger charge is -2.31. The summed E-state index contributed by atoms with van der Waals surface area (Å²) in [6.07, 6.45) is 1.15. The minimum atomic E-state index is -1.18. The molecule has 1 heterocycles. The molecule has 1 fully saturated rings. The molecule has 11 nitrogen and oxygen atoms in total. The molecule has 1 saturated heterocycles. The first-order chi connectivity index (χ1) is 21.1. The molecule has 1 aromatic rings. The Labute approximate surface area is 266 Å². The van der Waals surface area contributed by atoms with Crippen LogP contribution in [0.25, 0.3) is 0 Å². The average Bonchev–Trinajstić information content (AvgIpc) is 3.35. The first kappa shape index (κ1) is 37.2. The Hall–Kier alpha value is -3.99. The molecular formula is C34H50N4O7. The van der Waals surface area contributed by atoms with Gasteiger partial charge in [0, 0.05) is 24.6 Å². The third-order valence-corrected chi connectivity index (χ3v) is 7.04. The number of allylic oxidation sites excluding steroid dienone is 3. The summed E-state index contributed by atoms with van der Waals surface area (Å²) in [5.41, 5.74) is 0.955. The highest BCUT2D eigenvalue weighted by molar-refractivity contribution is 5.95. The molecule has 11 heteroatoms. The van der Waals surface area contributed by atoms with E-state index in [1.165, 1.54) is 0 Å². The SMILES string of the molecule is C=C(C)C(=O)CC=C(C[C@@H]1CCNC1=O)NC(=O)[C@H](CC(C)C)NC(=O)[C@@H](NC(=O)OCc1ccccc1)C(C)OC(C)(C)C. The Kier molecular flexibility index (Phi) is 14.5. The van der Waals surface area contributed by atoms with E-state index < -0.39 is 41.7 Å². The summed E-state index contributed by atoms with van der Waals surface area (Å²) < 4.78 is 11.4. The molecule has 45 heavy (non-hydrogen) atoms. The van der Waals surface area contributed by atoms with Gasteiger partial charge in [0.15, 0.2) is 5.78 Å². The highest BCUT2D eigenvalue weighted by atomic mass is 16.6. The van der Waals surface area contributed by atoms with Crippen LogP contribution in [0.4, 0.5) is 4.79 Å². The van der Waals surface area contributed by atoms with Crippen LogP contribution in [-0.2, 0) is 35.3 Å².